The highest BCUT2D eigenvalue weighted by Gasteiger charge is 2.09. The van der Waals surface area contributed by atoms with Crippen molar-refractivity contribution in [2.75, 3.05) is 31.2 Å². The van der Waals surface area contributed by atoms with Crippen LogP contribution in [0, 0.1) is 0 Å². The number of rotatable bonds is 2. The number of benzene rings is 1. The Hall–Kier alpha value is -1.28. The first-order chi connectivity index (χ1) is 6.90. The zero-order valence-electron chi connectivity index (χ0n) is 8.28. The molecule has 1 saturated heterocycles. The Bertz CT molecular complexity index is 299. The van der Waals surface area contributed by atoms with E-state index in [1.54, 1.807) is 0 Å². The summed E-state index contributed by atoms with van der Waals surface area (Å²) in [5.74, 6) is 0. The molecular weight excluding hydrogens is 174 g/mol. The molecule has 0 saturated carbocycles. The van der Waals surface area contributed by atoms with Crippen LogP contribution in [-0.4, -0.2) is 26.3 Å². The lowest BCUT2D eigenvalue weighted by Gasteiger charge is -2.28. The molecule has 2 heteroatoms. The van der Waals surface area contributed by atoms with E-state index in [0.717, 1.165) is 26.3 Å². The van der Waals surface area contributed by atoms with Crippen LogP contribution in [0.2, 0.25) is 0 Å². The van der Waals surface area contributed by atoms with E-state index >= 15 is 0 Å². The highest BCUT2D eigenvalue weighted by molar-refractivity contribution is 5.54. The standard InChI is InChI=1S/C12H15NO/c1-2-11-3-5-12(6-4-11)13-7-9-14-10-8-13/h2-6H,1,7-10H2. The van der Waals surface area contributed by atoms with Crippen molar-refractivity contribution < 1.29 is 4.74 Å². The molecule has 0 spiro atoms. The van der Waals surface area contributed by atoms with Gasteiger partial charge in [-0.25, -0.2) is 0 Å². The molecule has 0 N–H and O–H groups in total. The third-order valence-electron chi connectivity index (χ3n) is 2.51. The van der Waals surface area contributed by atoms with E-state index in [1.807, 2.05) is 6.08 Å². The van der Waals surface area contributed by atoms with Crippen LogP contribution in [0.1, 0.15) is 5.56 Å². The van der Waals surface area contributed by atoms with Crippen molar-refractivity contribution in [1.82, 2.24) is 0 Å². The van der Waals surface area contributed by atoms with E-state index in [9.17, 15) is 0 Å². The van der Waals surface area contributed by atoms with E-state index < -0.39 is 0 Å². The van der Waals surface area contributed by atoms with Crippen LogP contribution in [-0.2, 0) is 4.74 Å². The van der Waals surface area contributed by atoms with E-state index in [0.29, 0.717) is 0 Å². The quantitative estimate of drug-likeness (QED) is 0.707. The van der Waals surface area contributed by atoms with Crippen LogP contribution >= 0.6 is 0 Å². The molecule has 2 nitrogen and oxygen atoms in total. The Morgan fingerprint density at radius 2 is 1.79 bits per heavy atom. The molecule has 1 aromatic carbocycles. The third kappa shape index (κ3) is 1.96. The normalized spacial score (nSPS) is 16.7. The maximum absolute atomic E-state index is 5.31. The van der Waals surface area contributed by atoms with Crippen molar-refractivity contribution >= 4 is 11.8 Å². The zero-order chi connectivity index (χ0) is 9.80. The van der Waals surface area contributed by atoms with Gasteiger partial charge in [0.2, 0.25) is 0 Å². The average Bonchev–Trinajstić information content (AvgIpc) is 2.30. The summed E-state index contributed by atoms with van der Waals surface area (Å²) < 4.78 is 5.31. The van der Waals surface area contributed by atoms with E-state index in [1.165, 1.54) is 11.3 Å². The maximum atomic E-state index is 5.31. The van der Waals surface area contributed by atoms with Crippen LogP contribution < -0.4 is 4.90 Å². The van der Waals surface area contributed by atoms with Crippen LogP contribution in [0.3, 0.4) is 0 Å². The second-order valence-corrected chi connectivity index (χ2v) is 3.40. The molecule has 0 unspecified atom stereocenters. The van der Waals surface area contributed by atoms with Gasteiger partial charge in [-0.1, -0.05) is 24.8 Å². The monoisotopic (exact) mass is 189 g/mol. The van der Waals surface area contributed by atoms with Gasteiger partial charge in [0.25, 0.3) is 0 Å². The minimum Gasteiger partial charge on any atom is -0.378 e. The summed E-state index contributed by atoms with van der Waals surface area (Å²) in [6, 6.07) is 8.47. The summed E-state index contributed by atoms with van der Waals surface area (Å²) in [7, 11) is 0. The van der Waals surface area contributed by atoms with Crippen molar-refractivity contribution in [3.05, 3.63) is 36.4 Å². The molecule has 1 aliphatic rings. The fourth-order valence-corrected chi connectivity index (χ4v) is 1.64. The first-order valence-corrected chi connectivity index (χ1v) is 4.95. The van der Waals surface area contributed by atoms with Gasteiger partial charge in [0.05, 0.1) is 13.2 Å². The van der Waals surface area contributed by atoms with E-state index in [-0.39, 0.29) is 0 Å². The molecule has 14 heavy (non-hydrogen) atoms. The molecule has 1 aromatic rings. The van der Waals surface area contributed by atoms with Crippen LogP contribution in [0.4, 0.5) is 5.69 Å². The van der Waals surface area contributed by atoms with Crippen molar-refractivity contribution in [3.63, 3.8) is 0 Å². The van der Waals surface area contributed by atoms with Gasteiger partial charge < -0.3 is 9.64 Å². The predicted octanol–water partition coefficient (Wildman–Crippen LogP) is 2.17. The highest BCUT2D eigenvalue weighted by Crippen LogP contribution is 2.16. The second-order valence-electron chi connectivity index (χ2n) is 3.40. The van der Waals surface area contributed by atoms with Crippen LogP contribution in [0.25, 0.3) is 6.08 Å². The maximum Gasteiger partial charge on any atom is 0.0642 e. The topological polar surface area (TPSA) is 12.5 Å². The molecule has 0 aromatic heterocycles. The summed E-state index contributed by atoms with van der Waals surface area (Å²) in [5, 5.41) is 0. The lowest BCUT2D eigenvalue weighted by Crippen LogP contribution is -2.36. The van der Waals surface area contributed by atoms with Gasteiger partial charge in [-0.15, -0.1) is 0 Å². The Kier molecular flexibility index (Phi) is 2.84. The van der Waals surface area contributed by atoms with Gasteiger partial charge in [-0.2, -0.15) is 0 Å². The Morgan fingerprint density at radius 3 is 2.36 bits per heavy atom. The Balaban J connectivity index is 2.11. The third-order valence-corrected chi connectivity index (χ3v) is 2.51. The molecular formula is C12H15NO. The van der Waals surface area contributed by atoms with Gasteiger partial charge in [0.1, 0.15) is 0 Å². The first-order valence-electron chi connectivity index (χ1n) is 4.95. The second kappa shape index (κ2) is 4.29. The molecule has 2 rings (SSSR count). The number of anilines is 1. The molecule has 0 radical (unpaired) electrons. The summed E-state index contributed by atoms with van der Waals surface area (Å²) in [6.45, 7) is 7.40. The lowest BCUT2D eigenvalue weighted by molar-refractivity contribution is 0.122. The van der Waals surface area contributed by atoms with Gasteiger partial charge in [0.15, 0.2) is 0 Å². The highest BCUT2D eigenvalue weighted by atomic mass is 16.5. The van der Waals surface area contributed by atoms with Crippen molar-refractivity contribution in [3.8, 4) is 0 Å². The first kappa shape index (κ1) is 9.28. The predicted molar refractivity (Wildman–Crippen MR) is 59.6 cm³/mol. The SMILES string of the molecule is C=Cc1ccc(N2CCOCC2)cc1. The van der Waals surface area contributed by atoms with Crippen LogP contribution in [0.5, 0.6) is 0 Å². The Morgan fingerprint density at radius 1 is 1.14 bits per heavy atom. The largest absolute Gasteiger partial charge is 0.378 e. The fraction of sp³-hybridized carbons (Fsp3) is 0.333. The van der Waals surface area contributed by atoms with Crippen LogP contribution in [0.15, 0.2) is 30.8 Å². The number of morpholine rings is 1. The molecule has 1 aliphatic heterocycles. The van der Waals surface area contributed by atoms with E-state index in [4.69, 9.17) is 4.74 Å². The summed E-state index contributed by atoms with van der Waals surface area (Å²) in [6.07, 6.45) is 1.86. The Labute approximate surface area is 84.8 Å². The molecule has 1 heterocycles. The average molecular weight is 189 g/mol. The smallest absolute Gasteiger partial charge is 0.0642 e. The van der Waals surface area contributed by atoms with Crippen molar-refractivity contribution in [2.24, 2.45) is 0 Å². The molecule has 1 fully saturated rings. The number of hydrogen-bond acceptors (Lipinski definition) is 2. The molecule has 0 atom stereocenters. The number of nitrogens with zero attached hydrogens (tertiary/aromatic N) is 1. The number of hydrogen-bond donors (Lipinski definition) is 0. The van der Waals surface area contributed by atoms with Gasteiger partial charge in [0, 0.05) is 18.8 Å². The minimum atomic E-state index is 0.837. The molecule has 0 aliphatic carbocycles. The van der Waals surface area contributed by atoms with Crippen molar-refractivity contribution in [1.29, 1.82) is 0 Å². The van der Waals surface area contributed by atoms with Gasteiger partial charge in [-0.05, 0) is 17.7 Å². The molecule has 0 bridgehead atoms. The summed E-state index contributed by atoms with van der Waals surface area (Å²) in [5.41, 5.74) is 2.45. The summed E-state index contributed by atoms with van der Waals surface area (Å²) in [4.78, 5) is 2.34. The van der Waals surface area contributed by atoms with Gasteiger partial charge >= 0.3 is 0 Å². The zero-order valence-corrected chi connectivity index (χ0v) is 8.28. The summed E-state index contributed by atoms with van der Waals surface area (Å²) >= 11 is 0. The van der Waals surface area contributed by atoms with E-state index in [2.05, 4.69) is 35.7 Å². The number of ether oxygens (including phenoxy) is 1. The minimum absolute atomic E-state index is 0.837. The molecule has 74 valence electrons. The van der Waals surface area contributed by atoms with Crippen molar-refractivity contribution in [2.45, 2.75) is 0 Å². The lowest BCUT2D eigenvalue weighted by atomic mass is 10.2. The van der Waals surface area contributed by atoms with Gasteiger partial charge in [-0.3, -0.25) is 0 Å². The molecule has 0 amide bonds. The fourth-order valence-electron chi connectivity index (χ4n) is 1.64.